The average molecular weight is 267 g/mol. The Hall–Kier alpha value is -2.69. The second-order valence-corrected chi connectivity index (χ2v) is 4.59. The van der Waals surface area contributed by atoms with Crippen molar-refractivity contribution in [3.63, 3.8) is 0 Å². The first kappa shape index (κ1) is 12.3. The Morgan fingerprint density at radius 1 is 1.20 bits per heavy atom. The zero-order valence-corrected chi connectivity index (χ0v) is 10.9. The molecule has 0 saturated heterocycles. The molecule has 20 heavy (non-hydrogen) atoms. The molecule has 0 aliphatic rings. The molecule has 0 aliphatic heterocycles. The summed E-state index contributed by atoms with van der Waals surface area (Å²) < 4.78 is 1.62. The molecule has 3 aromatic rings. The van der Waals surface area contributed by atoms with E-state index in [2.05, 4.69) is 10.1 Å². The summed E-state index contributed by atoms with van der Waals surface area (Å²) in [6.07, 6.45) is -0.109. The van der Waals surface area contributed by atoms with Crippen molar-refractivity contribution in [2.45, 2.75) is 13.3 Å². The molecular formula is C15H13N3O2. The summed E-state index contributed by atoms with van der Waals surface area (Å²) >= 11 is 0. The van der Waals surface area contributed by atoms with E-state index < -0.39 is 5.97 Å². The molecule has 3 rings (SSSR count). The van der Waals surface area contributed by atoms with Gasteiger partial charge in [-0.15, -0.1) is 0 Å². The van der Waals surface area contributed by atoms with E-state index >= 15 is 0 Å². The Balaban J connectivity index is 2.28. The van der Waals surface area contributed by atoms with Crippen molar-refractivity contribution in [2.24, 2.45) is 0 Å². The minimum absolute atomic E-state index is 0.109. The number of aromatic nitrogens is 3. The highest BCUT2D eigenvalue weighted by Gasteiger charge is 2.17. The summed E-state index contributed by atoms with van der Waals surface area (Å²) in [5.41, 5.74) is 3.65. The molecule has 2 aromatic heterocycles. The summed E-state index contributed by atoms with van der Waals surface area (Å²) in [7, 11) is 0. The van der Waals surface area contributed by atoms with Gasteiger partial charge in [-0.1, -0.05) is 30.3 Å². The van der Waals surface area contributed by atoms with Gasteiger partial charge in [0.2, 0.25) is 0 Å². The zero-order valence-electron chi connectivity index (χ0n) is 10.9. The number of carbonyl (C=O) groups is 1. The highest BCUT2D eigenvalue weighted by molar-refractivity contribution is 5.75. The van der Waals surface area contributed by atoms with Gasteiger partial charge in [0.1, 0.15) is 0 Å². The fourth-order valence-electron chi connectivity index (χ4n) is 2.20. The Kier molecular flexibility index (Phi) is 2.95. The van der Waals surface area contributed by atoms with Gasteiger partial charge in [-0.05, 0) is 19.1 Å². The second kappa shape index (κ2) is 4.77. The minimum Gasteiger partial charge on any atom is -0.481 e. The molecule has 1 N–H and O–H groups in total. The highest BCUT2D eigenvalue weighted by Crippen LogP contribution is 2.24. The zero-order chi connectivity index (χ0) is 14.1. The summed E-state index contributed by atoms with van der Waals surface area (Å²) in [4.78, 5) is 15.6. The van der Waals surface area contributed by atoms with E-state index in [0.717, 1.165) is 11.3 Å². The van der Waals surface area contributed by atoms with Crippen molar-refractivity contribution < 1.29 is 9.90 Å². The summed E-state index contributed by atoms with van der Waals surface area (Å²) in [6.45, 7) is 1.87. The molecule has 0 spiro atoms. The Bertz CT molecular complexity index is 778. The van der Waals surface area contributed by atoms with Crippen molar-refractivity contribution >= 4 is 11.6 Å². The maximum atomic E-state index is 11.1. The maximum absolute atomic E-state index is 11.1. The predicted octanol–water partition coefficient (Wildman–Crippen LogP) is 2.33. The molecule has 1 aromatic carbocycles. The molecule has 0 bridgehead atoms. The number of fused-ring (bicyclic) bond motifs is 1. The molecule has 0 fully saturated rings. The molecular weight excluding hydrogens is 254 g/mol. The number of nitrogens with zero attached hydrogens (tertiary/aromatic N) is 3. The van der Waals surface area contributed by atoms with Crippen LogP contribution in [-0.4, -0.2) is 25.7 Å². The highest BCUT2D eigenvalue weighted by atomic mass is 16.4. The first-order valence-corrected chi connectivity index (χ1v) is 6.27. The third-order valence-corrected chi connectivity index (χ3v) is 3.07. The van der Waals surface area contributed by atoms with Crippen LogP contribution in [0.25, 0.3) is 16.9 Å². The van der Waals surface area contributed by atoms with Gasteiger partial charge in [0.05, 0.1) is 23.5 Å². The number of imidazole rings is 1. The quantitative estimate of drug-likeness (QED) is 0.790. The molecule has 0 unspecified atom stereocenters. The van der Waals surface area contributed by atoms with Crippen LogP contribution in [0.1, 0.15) is 11.4 Å². The van der Waals surface area contributed by atoms with Crippen LogP contribution in [0, 0.1) is 6.92 Å². The third kappa shape index (κ3) is 2.14. The van der Waals surface area contributed by atoms with Crippen LogP contribution in [0.5, 0.6) is 0 Å². The molecule has 0 amide bonds. The van der Waals surface area contributed by atoms with Gasteiger partial charge in [0.15, 0.2) is 5.65 Å². The van der Waals surface area contributed by atoms with Crippen LogP contribution in [-0.2, 0) is 11.2 Å². The molecule has 5 heteroatoms. The topological polar surface area (TPSA) is 67.5 Å². The van der Waals surface area contributed by atoms with Crippen LogP contribution in [0.2, 0.25) is 0 Å². The normalized spacial score (nSPS) is 10.8. The number of hydrogen-bond acceptors (Lipinski definition) is 3. The second-order valence-electron chi connectivity index (χ2n) is 4.59. The lowest BCUT2D eigenvalue weighted by Crippen LogP contribution is -2.07. The van der Waals surface area contributed by atoms with E-state index in [1.165, 1.54) is 0 Å². The average Bonchev–Trinajstić information content (AvgIpc) is 2.77. The first-order valence-electron chi connectivity index (χ1n) is 6.27. The summed E-state index contributed by atoms with van der Waals surface area (Å²) in [5.74, 6) is -0.896. The van der Waals surface area contributed by atoms with Gasteiger partial charge >= 0.3 is 5.97 Å². The van der Waals surface area contributed by atoms with Gasteiger partial charge in [-0.25, -0.2) is 9.50 Å². The van der Waals surface area contributed by atoms with Crippen LogP contribution in [0.3, 0.4) is 0 Å². The monoisotopic (exact) mass is 267 g/mol. The van der Waals surface area contributed by atoms with E-state index in [4.69, 9.17) is 5.11 Å². The van der Waals surface area contributed by atoms with E-state index in [1.54, 1.807) is 4.52 Å². The lowest BCUT2D eigenvalue weighted by atomic mass is 10.1. The molecule has 0 atom stereocenters. The molecule has 0 radical (unpaired) electrons. The number of aliphatic carboxylic acids is 1. The Morgan fingerprint density at radius 2 is 1.95 bits per heavy atom. The van der Waals surface area contributed by atoms with Gasteiger partial charge in [0.25, 0.3) is 0 Å². The van der Waals surface area contributed by atoms with Crippen LogP contribution >= 0.6 is 0 Å². The summed E-state index contributed by atoms with van der Waals surface area (Å²) in [6, 6.07) is 13.3. The molecule has 2 heterocycles. The van der Waals surface area contributed by atoms with Crippen LogP contribution in [0.4, 0.5) is 0 Å². The fourth-order valence-corrected chi connectivity index (χ4v) is 2.20. The lowest BCUT2D eigenvalue weighted by molar-refractivity contribution is -0.136. The van der Waals surface area contributed by atoms with Crippen molar-refractivity contribution in [3.05, 3.63) is 53.9 Å². The molecule has 100 valence electrons. The number of carboxylic acid groups (broad SMARTS) is 1. The van der Waals surface area contributed by atoms with Crippen LogP contribution in [0.15, 0.2) is 42.5 Å². The van der Waals surface area contributed by atoms with Gasteiger partial charge in [-0.3, -0.25) is 4.79 Å². The minimum atomic E-state index is -0.896. The van der Waals surface area contributed by atoms with Gasteiger partial charge < -0.3 is 5.11 Å². The van der Waals surface area contributed by atoms with E-state index in [9.17, 15) is 4.79 Å². The summed E-state index contributed by atoms with van der Waals surface area (Å²) in [5, 5.41) is 13.5. The number of hydrogen-bond donors (Lipinski definition) is 1. The predicted molar refractivity (Wildman–Crippen MR) is 74.5 cm³/mol. The number of rotatable bonds is 3. The molecule has 0 saturated carbocycles. The van der Waals surface area contributed by atoms with Crippen LogP contribution < -0.4 is 0 Å². The standard InChI is InChI=1S/C15H13N3O2/c1-10-7-8-13-16-15(11-5-3-2-4-6-11)12(9-14(19)20)18(13)17-10/h2-8H,9H2,1H3,(H,19,20). The molecule has 0 aliphatic carbocycles. The Morgan fingerprint density at radius 3 is 2.65 bits per heavy atom. The number of carboxylic acids is 1. The van der Waals surface area contributed by atoms with Crippen molar-refractivity contribution in [3.8, 4) is 11.3 Å². The van der Waals surface area contributed by atoms with Gasteiger partial charge in [-0.2, -0.15) is 5.10 Å². The third-order valence-electron chi connectivity index (χ3n) is 3.07. The first-order chi connectivity index (χ1) is 9.65. The van der Waals surface area contributed by atoms with Crippen molar-refractivity contribution in [2.75, 3.05) is 0 Å². The largest absolute Gasteiger partial charge is 0.481 e. The SMILES string of the molecule is Cc1ccc2nc(-c3ccccc3)c(CC(=O)O)n2n1. The number of aryl methyl sites for hydroxylation is 1. The van der Waals surface area contributed by atoms with Crippen molar-refractivity contribution in [1.82, 2.24) is 14.6 Å². The maximum Gasteiger partial charge on any atom is 0.309 e. The van der Waals surface area contributed by atoms with E-state index in [-0.39, 0.29) is 6.42 Å². The van der Waals surface area contributed by atoms with E-state index in [1.807, 2.05) is 49.4 Å². The Labute approximate surface area is 115 Å². The van der Waals surface area contributed by atoms with Gasteiger partial charge in [0, 0.05) is 5.56 Å². The molecule has 5 nitrogen and oxygen atoms in total. The number of benzene rings is 1. The smallest absolute Gasteiger partial charge is 0.309 e. The lowest BCUT2D eigenvalue weighted by Gasteiger charge is -2.02. The van der Waals surface area contributed by atoms with Crippen molar-refractivity contribution in [1.29, 1.82) is 0 Å². The fraction of sp³-hybridized carbons (Fsp3) is 0.133. The van der Waals surface area contributed by atoms with E-state index in [0.29, 0.717) is 17.0 Å².